The number of rotatable bonds is 12. The van der Waals surface area contributed by atoms with E-state index in [1.54, 1.807) is 0 Å². The number of anilines is 1. The minimum Gasteiger partial charge on any atom is -0.437 e. The molecular formula is C20H41NO3Si4. The molecule has 0 spiro atoms. The predicted molar refractivity (Wildman–Crippen MR) is 133 cm³/mol. The normalized spacial score (nSPS) is 15.2. The first-order valence-electron chi connectivity index (χ1n) is 10.2. The van der Waals surface area contributed by atoms with E-state index in [1.165, 1.54) is 0 Å². The summed E-state index contributed by atoms with van der Waals surface area (Å²) in [4.78, 5) is 0. The van der Waals surface area contributed by atoms with Gasteiger partial charge in [0, 0.05) is 12.2 Å². The number of hydrogen-bond donors (Lipinski definition) is 1. The van der Waals surface area contributed by atoms with E-state index in [4.69, 9.17) is 12.3 Å². The van der Waals surface area contributed by atoms with Crippen LogP contribution in [0.25, 0.3) is 6.08 Å². The van der Waals surface area contributed by atoms with Crippen LogP contribution in [0, 0.1) is 0 Å². The third kappa shape index (κ3) is 10.9. The van der Waals surface area contributed by atoms with Crippen molar-refractivity contribution in [3.05, 3.63) is 36.4 Å². The van der Waals surface area contributed by atoms with Crippen LogP contribution in [0.1, 0.15) is 12.0 Å². The zero-order valence-electron chi connectivity index (χ0n) is 19.4. The largest absolute Gasteiger partial charge is 0.437 e. The van der Waals surface area contributed by atoms with Gasteiger partial charge in [-0.3, -0.25) is 0 Å². The lowest BCUT2D eigenvalue weighted by atomic mass is 10.2. The highest BCUT2D eigenvalue weighted by atomic mass is 28.5. The molecule has 0 bridgehead atoms. The first-order chi connectivity index (χ1) is 12.6. The van der Waals surface area contributed by atoms with Gasteiger partial charge >= 0.3 is 17.1 Å². The minimum atomic E-state index is -2.31. The Morgan fingerprint density at radius 1 is 0.821 bits per heavy atom. The number of nitrogens with one attached hydrogen (secondary N) is 1. The van der Waals surface area contributed by atoms with Gasteiger partial charge in [-0.2, -0.15) is 0 Å². The summed E-state index contributed by atoms with van der Waals surface area (Å²) in [7, 11) is -7.87. The van der Waals surface area contributed by atoms with Crippen LogP contribution in [0.3, 0.4) is 0 Å². The van der Waals surface area contributed by atoms with Crippen molar-refractivity contribution in [1.82, 2.24) is 0 Å². The van der Waals surface area contributed by atoms with Crippen LogP contribution in [-0.2, 0) is 12.3 Å². The second-order valence-corrected chi connectivity index (χ2v) is 26.4. The van der Waals surface area contributed by atoms with E-state index in [0.717, 1.165) is 30.3 Å². The molecule has 0 fully saturated rings. The van der Waals surface area contributed by atoms with E-state index >= 15 is 0 Å². The Hall–Kier alpha value is -0.492. The van der Waals surface area contributed by atoms with Gasteiger partial charge in [0.15, 0.2) is 16.6 Å². The Labute approximate surface area is 177 Å². The Balaban J connectivity index is 2.70. The van der Waals surface area contributed by atoms with Crippen LogP contribution in [-0.4, -0.2) is 40.3 Å². The lowest BCUT2D eigenvalue weighted by Crippen LogP contribution is -2.56. The first kappa shape index (κ1) is 25.5. The molecule has 8 heteroatoms. The van der Waals surface area contributed by atoms with Crippen LogP contribution >= 0.6 is 0 Å². The third-order valence-corrected chi connectivity index (χ3v) is 17.4. The van der Waals surface area contributed by atoms with Gasteiger partial charge in [0.05, 0.1) is 0 Å². The molecule has 0 amide bonds. The molecule has 28 heavy (non-hydrogen) atoms. The first-order valence-corrected chi connectivity index (χ1v) is 22.4. The average molecular weight is 456 g/mol. The standard InChI is InChI=1S/C20H41NO3Si4/c1-11-19-13-15-20(16-14-19)21-17-12-18-28(10,23-26(5,6)7)24-27(8,9)22-25(2,3)4/h11,13-16,21H,1,12,17-18H2,2-10H3. The highest BCUT2D eigenvalue weighted by molar-refractivity contribution is 6.89. The molecule has 1 aromatic carbocycles. The van der Waals surface area contributed by atoms with Gasteiger partial charge in [-0.05, 0) is 89.1 Å². The maximum atomic E-state index is 6.72. The summed E-state index contributed by atoms with van der Waals surface area (Å²) in [5.41, 5.74) is 2.27. The monoisotopic (exact) mass is 455 g/mol. The van der Waals surface area contributed by atoms with E-state index in [-0.39, 0.29) is 0 Å². The molecule has 1 N–H and O–H groups in total. The van der Waals surface area contributed by atoms with E-state index in [1.807, 2.05) is 6.08 Å². The molecule has 0 saturated carbocycles. The summed E-state index contributed by atoms with van der Waals surface area (Å²) < 4.78 is 19.8. The van der Waals surface area contributed by atoms with Gasteiger partial charge in [0.1, 0.15) is 0 Å². The quantitative estimate of drug-likeness (QED) is 0.284. The van der Waals surface area contributed by atoms with Crippen molar-refractivity contribution in [1.29, 1.82) is 0 Å². The topological polar surface area (TPSA) is 39.7 Å². The van der Waals surface area contributed by atoms with Crippen molar-refractivity contribution < 1.29 is 12.3 Å². The highest BCUT2D eigenvalue weighted by Gasteiger charge is 2.44. The maximum Gasteiger partial charge on any atom is 0.315 e. The van der Waals surface area contributed by atoms with Crippen LogP contribution in [0.5, 0.6) is 0 Å². The highest BCUT2D eigenvalue weighted by Crippen LogP contribution is 2.27. The summed E-state index contributed by atoms with van der Waals surface area (Å²) in [6.45, 7) is 24.7. The van der Waals surface area contributed by atoms with Gasteiger partial charge in [0.2, 0.25) is 0 Å². The summed E-state index contributed by atoms with van der Waals surface area (Å²) in [6.07, 6.45) is 2.88. The third-order valence-electron chi connectivity index (χ3n) is 3.82. The van der Waals surface area contributed by atoms with E-state index in [0.29, 0.717) is 0 Å². The minimum absolute atomic E-state index is 0.908. The molecule has 1 unspecified atom stereocenters. The van der Waals surface area contributed by atoms with Crippen molar-refractivity contribution >= 4 is 45.5 Å². The Morgan fingerprint density at radius 2 is 1.36 bits per heavy atom. The fraction of sp³-hybridized carbons (Fsp3) is 0.600. The molecule has 1 atom stereocenters. The van der Waals surface area contributed by atoms with Crippen LogP contribution < -0.4 is 5.32 Å². The average Bonchev–Trinajstić information content (AvgIpc) is 2.47. The lowest BCUT2D eigenvalue weighted by molar-refractivity contribution is 0.323. The predicted octanol–water partition coefficient (Wildman–Crippen LogP) is 6.63. The molecular weight excluding hydrogens is 415 g/mol. The zero-order valence-corrected chi connectivity index (χ0v) is 23.4. The van der Waals surface area contributed by atoms with Crippen molar-refractivity contribution in [2.45, 2.75) is 71.4 Å². The van der Waals surface area contributed by atoms with Crippen LogP contribution in [0.2, 0.25) is 65.0 Å². The fourth-order valence-corrected chi connectivity index (χ4v) is 21.4. The van der Waals surface area contributed by atoms with Crippen molar-refractivity contribution in [3.8, 4) is 0 Å². The lowest BCUT2D eigenvalue weighted by Gasteiger charge is -2.41. The molecule has 0 aliphatic carbocycles. The van der Waals surface area contributed by atoms with Crippen molar-refractivity contribution in [2.75, 3.05) is 11.9 Å². The second kappa shape index (κ2) is 10.0. The Kier molecular flexibility index (Phi) is 9.13. The molecule has 0 aliphatic rings. The van der Waals surface area contributed by atoms with Gasteiger partial charge in [-0.25, -0.2) is 0 Å². The van der Waals surface area contributed by atoms with Crippen molar-refractivity contribution in [3.63, 3.8) is 0 Å². The summed E-state index contributed by atoms with van der Waals surface area (Å²) in [5.74, 6) is 0. The molecule has 160 valence electrons. The maximum absolute atomic E-state index is 6.72. The summed E-state index contributed by atoms with van der Waals surface area (Å²) in [6, 6.07) is 9.32. The fourth-order valence-electron chi connectivity index (χ4n) is 3.43. The molecule has 0 aromatic heterocycles. The molecule has 0 radical (unpaired) electrons. The molecule has 0 heterocycles. The summed E-state index contributed by atoms with van der Waals surface area (Å²) >= 11 is 0. The van der Waals surface area contributed by atoms with Crippen LogP contribution in [0.15, 0.2) is 30.8 Å². The van der Waals surface area contributed by atoms with Gasteiger partial charge < -0.3 is 17.7 Å². The molecule has 1 rings (SSSR count). The molecule has 4 nitrogen and oxygen atoms in total. The Morgan fingerprint density at radius 3 is 1.82 bits per heavy atom. The van der Waals surface area contributed by atoms with Crippen molar-refractivity contribution in [2.24, 2.45) is 0 Å². The van der Waals surface area contributed by atoms with Gasteiger partial charge in [-0.15, -0.1) is 0 Å². The number of benzene rings is 1. The van der Waals surface area contributed by atoms with E-state index in [9.17, 15) is 0 Å². The second-order valence-electron chi connectivity index (χ2n) is 9.92. The number of hydrogen-bond acceptors (Lipinski definition) is 4. The van der Waals surface area contributed by atoms with Gasteiger partial charge in [-0.1, -0.05) is 24.8 Å². The SMILES string of the molecule is C=Cc1ccc(NCCC[Si](C)(O[Si](C)(C)C)O[Si](C)(C)O[Si](C)(C)C)cc1. The van der Waals surface area contributed by atoms with Crippen LogP contribution in [0.4, 0.5) is 5.69 Å². The van der Waals surface area contributed by atoms with E-state index < -0.39 is 33.8 Å². The molecule has 0 saturated heterocycles. The Bertz CT molecular complexity index is 624. The molecule has 0 aliphatic heterocycles. The summed E-state index contributed by atoms with van der Waals surface area (Å²) in [5, 5.41) is 3.51. The smallest absolute Gasteiger partial charge is 0.315 e. The van der Waals surface area contributed by atoms with Gasteiger partial charge in [0.25, 0.3) is 0 Å². The molecule has 1 aromatic rings. The zero-order chi connectivity index (χ0) is 21.6. The van der Waals surface area contributed by atoms with E-state index in [2.05, 4.69) is 95.1 Å².